The molecule has 1 N–H and O–H groups in total. The van der Waals surface area contributed by atoms with Gasteiger partial charge in [-0.3, -0.25) is 6.58 Å². The van der Waals surface area contributed by atoms with E-state index in [2.05, 4.69) is 35.7 Å². The van der Waals surface area contributed by atoms with Gasteiger partial charge in [-0.15, -0.1) is 6.07 Å². The monoisotopic (exact) mass is 243 g/mol. The van der Waals surface area contributed by atoms with Crippen LogP contribution in [0.2, 0.25) is 5.02 Å². The van der Waals surface area contributed by atoms with Crippen molar-refractivity contribution < 1.29 is 24.6 Å². The molecule has 0 aliphatic heterocycles. The molecule has 0 heterocycles. The number of phenols is 1. The van der Waals surface area contributed by atoms with Crippen LogP contribution in [0.25, 0.3) is 0 Å². The Hall–Kier alpha value is -0.774. The van der Waals surface area contributed by atoms with E-state index in [4.69, 9.17) is 20.6 Å². The van der Waals surface area contributed by atoms with Crippen LogP contribution in [0.15, 0.2) is 24.8 Å². The van der Waals surface area contributed by atoms with Gasteiger partial charge in [0.05, 0.1) is 0 Å². The van der Waals surface area contributed by atoms with E-state index < -0.39 is 0 Å². The number of hydrogen-bond acceptors (Lipinski definition) is 2. The van der Waals surface area contributed by atoms with Crippen LogP contribution in [0.5, 0.6) is 5.75 Å². The molecule has 75 valence electrons. The number of benzene rings is 1. The quantitative estimate of drug-likeness (QED) is 0.712. The summed E-state index contributed by atoms with van der Waals surface area (Å²) in [4.78, 5) is 0. The summed E-state index contributed by atoms with van der Waals surface area (Å²) in [6.45, 7) is 10.6. The van der Waals surface area contributed by atoms with Crippen molar-refractivity contribution in [1.82, 2.24) is 0 Å². The van der Waals surface area contributed by atoms with Gasteiger partial charge in [-0.1, -0.05) is 17.7 Å². The number of rotatable bonds is 0. The summed E-state index contributed by atoms with van der Waals surface area (Å²) >= 11 is 7.84. The second-order valence-corrected chi connectivity index (χ2v) is 2.19. The molecule has 0 spiro atoms. The van der Waals surface area contributed by atoms with Crippen LogP contribution in [-0.2, 0) is 19.5 Å². The van der Waals surface area contributed by atoms with E-state index in [0.29, 0.717) is 5.02 Å². The van der Waals surface area contributed by atoms with Gasteiger partial charge in [0.15, 0.2) is 0 Å². The molecule has 1 aromatic rings. The van der Waals surface area contributed by atoms with E-state index >= 15 is 0 Å². The second kappa shape index (κ2) is 9.32. The van der Waals surface area contributed by atoms with Crippen molar-refractivity contribution in [2.75, 3.05) is 0 Å². The van der Waals surface area contributed by atoms with E-state index in [9.17, 15) is 0 Å². The molecule has 0 saturated heterocycles. The van der Waals surface area contributed by atoms with E-state index in [0.717, 1.165) is 5.56 Å². The maximum absolute atomic E-state index is 8.88. The van der Waals surface area contributed by atoms with Gasteiger partial charge >= 0.3 is 19.5 Å². The molecule has 0 amide bonds. The Morgan fingerprint density at radius 1 is 1.46 bits per heavy atom. The first kappa shape index (κ1) is 14.7. The first-order chi connectivity index (χ1) is 6.20. The van der Waals surface area contributed by atoms with Crippen molar-refractivity contribution in [3.63, 3.8) is 0 Å². The first-order valence-corrected chi connectivity index (χ1v) is 3.85. The third kappa shape index (κ3) is 6.39. The molecule has 4 heteroatoms. The standard InChI is InChI=1S/C7H6ClO.C2H3.Co.O/c1-5-2-3-7(9)6(8)4-5;1-2;;/h2-4,9H,1H2;1H,2H2;;/q2*-1;;. The Balaban J connectivity index is 0. The Morgan fingerprint density at radius 3 is 2.23 bits per heavy atom. The van der Waals surface area contributed by atoms with Gasteiger partial charge in [-0.05, 0) is 0 Å². The molecule has 0 unspecified atom stereocenters. The fraction of sp³-hybridized carbons (Fsp3) is 0. The topological polar surface area (TPSA) is 37.3 Å². The molecule has 2 nitrogen and oxygen atoms in total. The van der Waals surface area contributed by atoms with E-state index in [1.165, 1.54) is 6.07 Å². The first-order valence-electron chi connectivity index (χ1n) is 3.05. The van der Waals surface area contributed by atoms with Crippen molar-refractivity contribution in [1.29, 1.82) is 0 Å². The van der Waals surface area contributed by atoms with Crippen LogP contribution in [0.3, 0.4) is 0 Å². The van der Waals surface area contributed by atoms with Gasteiger partial charge < -0.3 is 11.7 Å². The van der Waals surface area contributed by atoms with Gasteiger partial charge in [-0.2, -0.15) is 18.6 Å². The summed E-state index contributed by atoms with van der Waals surface area (Å²) in [5, 5.41) is 9.23. The molecule has 0 saturated carbocycles. The molecule has 0 aliphatic carbocycles. The predicted molar refractivity (Wildman–Crippen MR) is 48.2 cm³/mol. The normalized spacial score (nSPS) is 7.23. The minimum absolute atomic E-state index is 0.101. The van der Waals surface area contributed by atoms with Crippen molar-refractivity contribution in [3.8, 4) is 5.75 Å². The van der Waals surface area contributed by atoms with Crippen molar-refractivity contribution in [3.05, 3.63) is 48.9 Å². The van der Waals surface area contributed by atoms with Gasteiger partial charge in [-0.25, -0.2) is 0 Å². The zero-order valence-electron chi connectivity index (χ0n) is 6.79. The SMILES string of the molecule is [CH-]=C.[CH2-]c1ccc(O)c(Cl)c1.[O]=[Co]. The average molecular weight is 244 g/mol. The molecule has 0 aliphatic rings. The molecule has 0 atom stereocenters. The fourth-order valence-electron chi connectivity index (χ4n) is 0.550. The summed E-state index contributed by atoms with van der Waals surface area (Å²) in [6.07, 6.45) is 0. The molecular formula is C9H9ClCoO2-2. The molecule has 1 aromatic carbocycles. The third-order valence-electron chi connectivity index (χ3n) is 1.01. The van der Waals surface area contributed by atoms with Gasteiger partial charge in [0.25, 0.3) is 0 Å². The number of halogens is 1. The van der Waals surface area contributed by atoms with Crippen LogP contribution >= 0.6 is 11.6 Å². The summed E-state index contributed by atoms with van der Waals surface area (Å²) < 4.78 is 7.94. The van der Waals surface area contributed by atoms with Crippen LogP contribution in [0, 0.1) is 13.5 Å². The Labute approximate surface area is 91.0 Å². The average Bonchev–Trinajstić information content (AvgIpc) is 2.18. The zero-order valence-corrected chi connectivity index (χ0v) is 8.59. The van der Waals surface area contributed by atoms with E-state index in [1.54, 1.807) is 12.1 Å². The molecule has 1 rings (SSSR count). The van der Waals surface area contributed by atoms with Gasteiger partial charge in [0, 0.05) is 5.02 Å². The maximum atomic E-state index is 8.88. The fourth-order valence-corrected chi connectivity index (χ4v) is 0.754. The Morgan fingerprint density at radius 2 is 1.92 bits per heavy atom. The molecule has 0 aromatic heterocycles. The molecule has 13 heavy (non-hydrogen) atoms. The zero-order chi connectivity index (χ0) is 10.9. The summed E-state index contributed by atoms with van der Waals surface area (Å²) in [5.74, 6) is 0.101. The summed E-state index contributed by atoms with van der Waals surface area (Å²) in [6, 6.07) is 4.82. The second-order valence-electron chi connectivity index (χ2n) is 1.79. The molecule has 0 fully saturated rings. The molecule has 0 radical (unpaired) electrons. The third-order valence-corrected chi connectivity index (χ3v) is 1.31. The van der Waals surface area contributed by atoms with E-state index in [-0.39, 0.29) is 5.75 Å². The van der Waals surface area contributed by atoms with Gasteiger partial charge in [0.1, 0.15) is 5.75 Å². The molecule has 0 bridgehead atoms. The van der Waals surface area contributed by atoms with Crippen molar-refractivity contribution in [2.45, 2.75) is 0 Å². The van der Waals surface area contributed by atoms with Crippen LogP contribution < -0.4 is 0 Å². The van der Waals surface area contributed by atoms with Crippen LogP contribution in [0.4, 0.5) is 0 Å². The Bertz CT molecular complexity index is 251. The minimum atomic E-state index is 0.101. The van der Waals surface area contributed by atoms with Crippen molar-refractivity contribution in [2.24, 2.45) is 0 Å². The predicted octanol–water partition coefficient (Wildman–Crippen LogP) is 2.71. The number of hydrogen-bond donors (Lipinski definition) is 1. The number of aromatic hydroxyl groups is 1. The van der Waals surface area contributed by atoms with Crippen LogP contribution in [0.1, 0.15) is 5.56 Å². The van der Waals surface area contributed by atoms with E-state index in [1.807, 2.05) is 0 Å². The summed E-state index contributed by atoms with van der Waals surface area (Å²) in [7, 11) is 0. The van der Waals surface area contributed by atoms with Gasteiger partial charge in [0.2, 0.25) is 0 Å². The van der Waals surface area contributed by atoms with Crippen molar-refractivity contribution >= 4 is 11.6 Å². The van der Waals surface area contributed by atoms with Crippen LogP contribution in [-0.4, -0.2) is 5.11 Å². The Kier molecular flexibility index (Phi) is 10.6. The summed E-state index contributed by atoms with van der Waals surface area (Å²) in [5.41, 5.74) is 0.804. The molecular weight excluding hydrogens is 234 g/mol. The number of phenolic OH excluding ortho intramolecular Hbond substituents is 1.